The van der Waals surface area contributed by atoms with Gasteiger partial charge in [0.1, 0.15) is 30.5 Å². The molecule has 0 saturated carbocycles. The van der Waals surface area contributed by atoms with Crippen molar-refractivity contribution in [2.45, 2.75) is 192 Å². The largest absolute Gasteiger partial charge is 0.457 e. The van der Waals surface area contributed by atoms with Crippen LogP contribution in [0, 0.1) is 0 Å². The van der Waals surface area contributed by atoms with Crippen molar-refractivity contribution < 1.29 is 56.2 Å². The minimum absolute atomic E-state index is 0.0254. The molecule has 1 aliphatic rings. The third-order valence-electron chi connectivity index (χ3n) is 9.23. The third-order valence-corrected chi connectivity index (χ3v) is 9.70. The van der Waals surface area contributed by atoms with Gasteiger partial charge in [0.05, 0.1) is 19.8 Å². The van der Waals surface area contributed by atoms with Crippen molar-refractivity contribution in [3.8, 4) is 0 Å². The third kappa shape index (κ3) is 27.0. The summed E-state index contributed by atoms with van der Waals surface area (Å²) in [5.41, 5.74) is 0. The van der Waals surface area contributed by atoms with Crippen LogP contribution >= 0.6 is 0 Å². The van der Waals surface area contributed by atoms with E-state index in [4.69, 9.17) is 23.5 Å². The molecule has 12 nitrogen and oxygen atoms in total. The topological polar surface area (TPSA) is 178 Å². The van der Waals surface area contributed by atoms with Crippen LogP contribution in [0.15, 0.2) is 36.5 Å². The summed E-state index contributed by atoms with van der Waals surface area (Å²) in [7, 11) is -5.06. The van der Waals surface area contributed by atoms with Gasteiger partial charge < -0.3 is 34.3 Å². The van der Waals surface area contributed by atoms with Gasteiger partial charge in [0, 0.05) is 13.0 Å². The number of allylic oxidation sites excluding steroid dienone is 6. The van der Waals surface area contributed by atoms with Gasteiger partial charge in [-0.1, -0.05) is 121 Å². The van der Waals surface area contributed by atoms with Gasteiger partial charge in [-0.25, -0.2) is 4.18 Å². The molecule has 1 rings (SSSR count). The Morgan fingerprint density at radius 2 is 1.24 bits per heavy atom. The number of esters is 1. The molecule has 316 valence electrons. The molecular formula is C41H74O12S. The fourth-order valence-electron chi connectivity index (χ4n) is 6.03. The second-order valence-electron chi connectivity index (χ2n) is 14.2. The molecule has 0 bridgehead atoms. The first kappa shape index (κ1) is 50.3. The number of aliphatic hydroxyl groups excluding tert-OH is 3. The summed E-state index contributed by atoms with van der Waals surface area (Å²) >= 11 is 0. The Hall–Kier alpha value is -1.68. The van der Waals surface area contributed by atoms with Crippen molar-refractivity contribution in [3.05, 3.63) is 36.5 Å². The first-order chi connectivity index (χ1) is 26.1. The molecule has 0 aromatic carbocycles. The van der Waals surface area contributed by atoms with E-state index in [0.29, 0.717) is 13.0 Å². The fraction of sp³-hybridized carbons (Fsp3) is 0.829. The van der Waals surface area contributed by atoms with Gasteiger partial charge in [0.25, 0.3) is 0 Å². The molecule has 1 aliphatic heterocycles. The average Bonchev–Trinajstić information content (AvgIpc) is 3.14. The quantitative estimate of drug-likeness (QED) is 0.0212. The summed E-state index contributed by atoms with van der Waals surface area (Å²) in [6, 6.07) is 0. The minimum atomic E-state index is -5.06. The summed E-state index contributed by atoms with van der Waals surface area (Å²) in [6.07, 6.45) is 27.5. The first-order valence-electron chi connectivity index (χ1n) is 20.7. The molecule has 1 saturated heterocycles. The summed E-state index contributed by atoms with van der Waals surface area (Å²) in [6.45, 7) is 3.87. The number of unbranched alkanes of at least 4 members (excludes halogenated alkanes) is 16. The van der Waals surface area contributed by atoms with Crippen molar-refractivity contribution in [2.75, 3.05) is 26.4 Å². The maximum Gasteiger partial charge on any atom is 0.397 e. The van der Waals surface area contributed by atoms with Gasteiger partial charge in [-0.2, -0.15) is 8.42 Å². The second kappa shape index (κ2) is 33.5. The fourth-order valence-corrected chi connectivity index (χ4v) is 6.54. The zero-order valence-electron chi connectivity index (χ0n) is 33.3. The monoisotopic (exact) mass is 790 g/mol. The van der Waals surface area contributed by atoms with E-state index >= 15 is 0 Å². The Labute approximate surface area is 326 Å². The van der Waals surface area contributed by atoms with Gasteiger partial charge in [-0.15, -0.1) is 0 Å². The van der Waals surface area contributed by atoms with Crippen molar-refractivity contribution >= 4 is 16.4 Å². The van der Waals surface area contributed by atoms with Crippen LogP contribution in [0.25, 0.3) is 0 Å². The molecule has 0 amide bonds. The summed E-state index contributed by atoms with van der Waals surface area (Å²) in [5, 5.41) is 30.6. The zero-order valence-corrected chi connectivity index (χ0v) is 34.1. The number of carbonyl (C=O) groups excluding carboxylic acids is 1. The van der Waals surface area contributed by atoms with Crippen molar-refractivity contribution in [1.82, 2.24) is 0 Å². The lowest BCUT2D eigenvalue weighted by Gasteiger charge is -2.41. The molecule has 4 N–H and O–H groups in total. The van der Waals surface area contributed by atoms with Gasteiger partial charge in [0.2, 0.25) is 0 Å². The van der Waals surface area contributed by atoms with Crippen LogP contribution < -0.4 is 0 Å². The molecule has 0 aliphatic carbocycles. The van der Waals surface area contributed by atoms with Crippen LogP contribution in [0.5, 0.6) is 0 Å². The molecule has 0 radical (unpaired) electrons. The standard InChI is InChI=1S/C41H74O12S/c1-3-5-7-9-11-13-15-16-17-18-19-21-23-25-27-29-31-49-33-35(51-37(43)30-28-26-24-22-20-14-12-10-8-6-4-2)34-50-41-39(45)40(53-54(46,47)48)38(44)36(32-42)52-41/h10-13,16-17,35-36,38-42,44-45H,3-9,14-15,18-34H2,1-2H3,(H,46,47,48)/b12-10-,13-11-,17-16-. The van der Waals surface area contributed by atoms with E-state index in [2.05, 4.69) is 54.5 Å². The van der Waals surface area contributed by atoms with E-state index in [9.17, 15) is 28.5 Å². The van der Waals surface area contributed by atoms with Crippen LogP contribution in [0.3, 0.4) is 0 Å². The van der Waals surface area contributed by atoms with Gasteiger partial charge >= 0.3 is 16.4 Å². The molecule has 13 heteroatoms. The van der Waals surface area contributed by atoms with Gasteiger partial charge in [-0.05, 0) is 64.2 Å². The van der Waals surface area contributed by atoms with Crippen LogP contribution in [0.1, 0.15) is 155 Å². The molecule has 1 heterocycles. The SMILES string of the molecule is CCCC/C=C\CCCCCCCC(=O)OC(COCCCCCCCC/C=C\C/C=C\CCCCC)COC1OC(CO)C(O)C(OS(=O)(=O)O)C1O. The lowest BCUT2D eigenvalue weighted by molar-refractivity contribution is -0.301. The van der Waals surface area contributed by atoms with Crippen molar-refractivity contribution in [2.24, 2.45) is 0 Å². The van der Waals surface area contributed by atoms with E-state index in [0.717, 1.165) is 77.0 Å². The first-order valence-corrected chi connectivity index (χ1v) is 22.1. The number of ether oxygens (including phenoxy) is 4. The van der Waals surface area contributed by atoms with E-state index in [1.807, 2.05) is 0 Å². The lowest BCUT2D eigenvalue weighted by Crippen LogP contribution is -2.60. The van der Waals surface area contributed by atoms with Crippen LogP contribution in [0.2, 0.25) is 0 Å². The Balaban J connectivity index is 2.48. The van der Waals surface area contributed by atoms with Crippen LogP contribution in [-0.2, 0) is 38.3 Å². The maximum absolute atomic E-state index is 12.8. The second-order valence-corrected chi connectivity index (χ2v) is 15.3. The highest BCUT2D eigenvalue weighted by molar-refractivity contribution is 7.80. The maximum atomic E-state index is 12.8. The van der Waals surface area contributed by atoms with E-state index in [1.54, 1.807) is 0 Å². The molecule has 0 spiro atoms. The normalized spacial score (nSPS) is 21.5. The Kier molecular flexibility index (Phi) is 31.2. The summed E-state index contributed by atoms with van der Waals surface area (Å²) in [5.74, 6) is -0.416. The van der Waals surface area contributed by atoms with Crippen molar-refractivity contribution in [3.63, 3.8) is 0 Å². The van der Waals surface area contributed by atoms with Crippen LogP contribution in [-0.4, -0.2) is 97.5 Å². The van der Waals surface area contributed by atoms with Gasteiger partial charge in [0.15, 0.2) is 6.29 Å². The summed E-state index contributed by atoms with van der Waals surface area (Å²) in [4.78, 5) is 12.8. The highest BCUT2D eigenvalue weighted by Crippen LogP contribution is 2.26. The smallest absolute Gasteiger partial charge is 0.397 e. The number of carbonyl (C=O) groups is 1. The molecule has 1 fully saturated rings. The predicted octanol–water partition coefficient (Wildman–Crippen LogP) is 7.85. The van der Waals surface area contributed by atoms with E-state index < -0.39 is 59.8 Å². The molecule has 6 unspecified atom stereocenters. The van der Waals surface area contributed by atoms with Gasteiger partial charge in [-0.3, -0.25) is 9.35 Å². The number of aliphatic hydroxyl groups is 3. The molecule has 0 aromatic rings. The number of hydrogen-bond donors (Lipinski definition) is 4. The number of rotatable bonds is 35. The zero-order chi connectivity index (χ0) is 39.7. The van der Waals surface area contributed by atoms with Crippen LogP contribution in [0.4, 0.5) is 0 Å². The average molecular weight is 791 g/mol. The Morgan fingerprint density at radius 3 is 1.83 bits per heavy atom. The highest BCUT2D eigenvalue weighted by atomic mass is 32.3. The molecule has 0 aromatic heterocycles. The molecule has 6 atom stereocenters. The Bertz CT molecular complexity index is 1100. The highest BCUT2D eigenvalue weighted by Gasteiger charge is 2.48. The minimum Gasteiger partial charge on any atom is -0.457 e. The molecule has 54 heavy (non-hydrogen) atoms. The van der Waals surface area contributed by atoms with E-state index in [-0.39, 0.29) is 19.6 Å². The summed E-state index contributed by atoms with van der Waals surface area (Å²) < 4.78 is 58.8. The lowest BCUT2D eigenvalue weighted by atomic mass is 9.99. The van der Waals surface area contributed by atoms with Crippen molar-refractivity contribution in [1.29, 1.82) is 0 Å². The van der Waals surface area contributed by atoms with E-state index in [1.165, 1.54) is 51.4 Å². The molecular weight excluding hydrogens is 717 g/mol. The Morgan fingerprint density at radius 1 is 0.704 bits per heavy atom. The number of hydrogen-bond acceptors (Lipinski definition) is 11. The predicted molar refractivity (Wildman–Crippen MR) is 211 cm³/mol.